The van der Waals surface area contributed by atoms with Gasteiger partial charge in [-0.25, -0.2) is 9.97 Å². The molecule has 3 heteroatoms. The Morgan fingerprint density at radius 2 is 1.32 bits per heavy atom. The lowest BCUT2D eigenvalue weighted by Gasteiger charge is -2.11. The van der Waals surface area contributed by atoms with Crippen molar-refractivity contribution in [2.45, 2.75) is 13.8 Å². The van der Waals surface area contributed by atoms with Crippen molar-refractivity contribution in [3.05, 3.63) is 65.9 Å². The van der Waals surface area contributed by atoms with Gasteiger partial charge in [-0.3, -0.25) is 0 Å². The van der Waals surface area contributed by atoms with E-state index in [1.165, 1.54) is 11.1 Å². The molecule has 3 aromatic rings. The largest absolute Gasteiger partial charge is 0.357 e. The van der Waals surface area contributed by atoms with Crippen LogP contribution in [0.25, 0.3) is 22.4 Å². The highest BCUT2D eigenvalue weighted by Gasteiger charge is 2.11. The maximum Gasteiger partial charge on any atom is 0.222 e. The fraction of sp³-hybridized carbons (Fsp3) is 0.158. The molecular weight excluding hydrogens is 270 g/mol. The first-order valence-electron chi connectivity index (χ1n) is 7.36. The molecule has 1 heterocycles. The lowest BCUT2D eigenvalue weighted by molar-refractivity contribution is 1.16. The minimum Gasteiger partial charge on any atom is -0.357 e. The quantitative estimate of drug-likeness (QED) is 0.773. The Bertz CT molecular complexity index is 775. The van der Waals surface area contributed by atoms with Crippen LogP contribution in [-0.2, 0) is 0 Å². The number of rotatable bonds is 3. The predicted octanol–water partition coefficient (Wildman–Crippen LogP) is 4.47. The van der Waals surface area contributed by atoms with Crippen molar-refractivity contribution in [1.82, 2.24) is 9.97 Å². The molecule has 0 bridgehead atoms. The highest BCUT2D eigenvalue weighted by molar-refractivity contribution is 5.81. The van der Waals surface area contributed by atoms with Gasteiger partial charge < -0.3 is 5.32 Å². The molecule has 0 spiro atoms. The number of hydrogen-bond donors (Lipinski definition) is 1. The van der Waals surface area contributed by atoms with E-state index in [0.29, 0.717) is 5.95 Å². The molecular formula is C19H19N3. The number of aromatic nitrogens is 2. The summed E-state index contributed by atoms with van der Waals surface area (Å²) in [6.45, 7) is 4.18. The van der Waals surface area contributed by atoms with E-state index in [1.807, 2.05) is 13.2 Å². The predicted molar refractivity (Wildman–Crippen MR) is 91.9 cm³/mol. The second-order valence-electron chi connectivity index (χ2n) is 5.44. The van der Waals surface area contributed by atoms with E-state index in [0.717, 1.165) is 22.4 Å². The first kappa shape index (κ1) is 14.3. The zero-order valence-electron chi connectivity index (χ0n) is 13.1. The smallest absolute Gasteiger partial charge is 0.222 e. The summed E-state index contributed by atoms with van der Waals surface area (Å²) in [5.74, 6) is 0.631. The Morgan fingerprint density at radius 1 is 0.773 bits per heavy atom. The third-order valence-electron chi connectivity index (χ3n) is 3.70. The fourth-order valence-corrected chi connectivity index (χ4v) is 2.38. The number of anilines is 1. The van der Waals surface area contributed by atoms with Gasteiger partial charge in [-0.1, -0.05) is 59.7 Å². The first-order valence-corrected chi connectivity index (χ1v) is 7.36. The summed E-state index contributed by atoms with van der Waals surface area (Å²) < 4.78 is 0. The first-order chi connectivity index (χ1) is 10.7. The van der Waals surface area contributed by atoms with Crippen molar-refractivity contribution >= 4 is 5.95 Å². The standard InChI is InChI=1S/C19H19N3/c1-13-4-8-15(9-5-13)17-12-21-19(20-3)22-18(17)16-10-6-14(2)7-11-16/h4-12H,1-3H3,(H,20,21,22). The van der Waals surface area contributed by atoms with Gasteiger partial charge in [-0.15, -0.1) is 0 Å². The van der Waals surface area contributed by atoms with E-state index >= 15 is 0 Å². The van der Waals surface area contributed by atoms with E-state index in [9.17, 15) is 0 Å². The summed E-state index contributed by atoms with van der Waals surface area (Å²) in [4.78, 5) is 9.05. The van der Waals surface area contributed by atoms with E-state index < -0.39 is 0 Å². The van der Waals surface area contributed by atoms with Crippen molar-refractivity contribution < 1.29 is 0 Å². The Balaban J connectivity index is 2.17. The molecule has 1 aromatic heterocycles. The third kappa shape index (κ3) is 2.84. The average Bonchev–Trinajstić information content (AvgIpc) is 2.56. The van der Waals surface area contributed by atoms with Crippen molar-refractivity contribution in [2.75, 3.05) is 12.4 Å². The summed E-state index contributed by atoms with van der Waals surface area (Å²) in [5.41, 5.74) is 6.70. The monoisotopic (exact) mass is 289 g/mol. The van der Waals surface area contributed by atoms with Gasteiger partial charge in [-0.05, 0) is 19.4 Å². The Kier molecular flexibility index (Phi) is 3.88. The van der Waals surface area contributed by atoms with Gasteiger partial charge in [0.15, 0.2) is 0 Å². The van der Waals surface area contributed by atoms with Crippen LogP contribution in [0.5, 0.6) is 0 Å². The summed E-state index contributed by atoms with van der Waals surface area (Å²) in [5, 5.41) is 3.01. The van der Waals surface area contributed by atoms with Crippen LogP contribution in [0, 0.1) is 13.8 Å². The minimum absolute atomic E-state index is 0.631. The van der Waals surface area contributed by atoms with E-state index in [1.54, 1.807) is 0 Å². The van der Waals surface area contributed by atoms with Crippen LogP contribution in [0.15, 0.2) is 54.7 Å². The number of aryl methyl sites for hydroxylation is 2. The van der Waals surface area contributed by atoms with Crippen molar-refractivity contribution in [3.63, 3.8) is 0 Å². The average molecular weight is 289 g/mol. The van der Waals surface area contributed by atoms with Crippen LogP contribution < -0.4 is 5.32 Å². The molecule has 2 aromatic carbocycles. The molecule has 1 N–H and O–H groups in total. The van der Waals surface area contributed by atoms with Crippen LogP contribution in [0.4, 0.5) is 5.95 Å². The number of hydrogen-bond acceptors (Lipinski definition) is 3. The van der Waals surface area contributed by atoms with Gasteiger partial charge in [0, 0.05) is 24.4 Å². The molecule has 3 nitrogen and oxygen atoms in total. The zero-order chi connectivity index (χ0) is 15.5. The summed E-state index contributed by atoms with van der Waals surface area (Å²) in [7, 11) is 1.83. The van der Waals surface area contributed by atoms with Crippen LogP contribution in [0.1, 0.15) is 11.1 Å². The maximum absolute atomic E-state index is 4.67. The second kappa shape index (κ2) is 5.98. The molecule has 22 heavy (non-hydrogen) atoms. The van der Waals surface area contributed by atoms with E-state index in [4.69, 9.17) is 0 Å². The molecule has 0 aliphatic heterocycles. The van der Waals surface area contributed by atoms with Gasteiger partial charge in [0.2, 0.25) is 5.95 Å². The highest BCUT2D eigenvalue weighted by Crippen LogP contribution is 2.31. The molecule has 0 unspecified atom stereocenters. The fourth-order valence-electron chi connectivity index (χ4n) is 2.38. The molecule has 0 aliphatic carbocycles. The SMILES string of the molecule is CNc1ncc(-c2ccc(C)cc2)c(-c2ccc(C)cc2)n1. The van der Waals surface area contributed by atoms with E-state index in [-0.39, 0.29) is 0 Å². The van der Waals surface area contributed by atoms with Gasteiger partial charge in [0.05, 0.1) is 5.69 Å². The second-order valence-corrected chi connectivity index (χ2v) is 5.44. The Labute approximate surface area is 131 Å². The summed E-state index contributed by atoms with van der Waals surface area (Å²) in [6, 6.07) is 16.9. The topological polar surface area (TPSA) is 37.8 Å². The number of nitrogens with zero attached hydrogens (tertiary/aromatic N) is 2. The summed E-state index contributed by atoms with van der Waals surface area (Å²) >= 11 is 0. The molecule has 0 atom stereocenters. The summed E-state index contributed by atoms with van der Waals surface area (Å²) in [6.07, 6.45) is 1.89. The Hall–Kier alpha value is -2.68. The molecule has 110 valence electrons. The molecule has 0 radical (unpaired) electrons. The van der Waals surface area contributed by atoms with Gasteiger partial charge in [0.25, 0.3) is 0 Å². The van der Waals surface area contributed by atoms with E-state index in [2.05, 4.69) is 77.7 Å². The molecule has 0 aliphatic rings. The van der Waals surface area contributed by atoms with Crippen molar-refractivity contribution in [2.24, 2.45) is 0 Å². The molecule has 3 rings (SSSR count). The number of nitrogens with one attached hydrogen (secondary N) is 1. The van der Waals surface area contributed by atoms with Gasteiger partial charge in [0.1, 0.15) is 0 Å². The van der Waals surface area contributed by atoms with Crippen LogP contribution in [0.2, 0.25) is 0 Å². The van der Waals surface area contributed by atoms with Crippen LogP contribution in [-0.4, -0.2) is 17.0 Å². The zero-order valence-corrected chi connectivity index (χ0v) is 13.1. The molecule has 0 saturated carbocycles. The third-order valence-corrected chi connectivity index (χ3v) is 3.70. The highest BCUT2D eigenvalue weighted by atomic mass is 15.1. The van der Waals surface area contributed by atoms with Crippen LogP contribution >= 0.6 is 0 Å². The maximum atomic E-state index is 4.67. The molecule has 0 fully saturated rings. The molecule has 0 saturated heterocycles. The van der Waals surface area contributed by atoms with Crippen molar-refractivity contribution in [3.8, 4) is 22.4 Å². The van der Waals surface area contributed by atoms with Gasteiger partial charge in [-0.2, -0.15) is 0 Å². The lowest BCUT2D eigenvalue weighted by atomic mass is 9.99. The normalized spacial score (nSPS) is 10.5. The van der Waals surface area contributed by atoms with Gasteiger partial charge >= 0.3 is 0 Å². The number of benzene rings is 2. The van der Waals surface area contributed by atoms with Crippen molar-refractivity contribution in [1.29, 1.82) is 0 Å². The minimum atomic E-state index is 0.631. The lowest BCUT2D eigenvalue weighted by Crippen LogP contribution is -1.99. The Morgan fingerprint density at radius 3 is 1.86 bits per heavy atom. The molecule has 0 amide bonds. The van der Waals surface area contributed by atoms with Crippen LogP contribution in [0.3, 0.4) is 0 Å².